The molecule has 2 aliphatic carbocycles. The van der Waals surface area contributed by atoms with Crippen molar-refractivity contribution >= 4 is 17.5 Å². The molecule has 2 heterocycles. The zero-order valence-electron chi connectivity index (χ0n) is 24.6. The highest BCUT2D eigenvalue weighted by Crippen LogP contribution is 2.47. The minimum absolute atomic E-state index is 0.0756. The van der Waals surface area contributed by atoms with Crippen molar-refractivity contribution in [3.05, 3.63) is 93.8 Å². The molecule has 0 radical (unpaired) electrons. The first-order valence-electron chi connectivity index (χ1n) is 14.5. The maximum Gasteiger partial charge on any atom is 0.251 e. The molecule has 1 unspecified atom stereocenters. The second kappa shape index (κ2) is 11.1. The molecular weight excluding hydrogens is 542 g/mol. The molecule has 1 aliphatic heterocycles. The average Bonchev–Trinajstić information content (AvgIpc) is 3.53. The highest BCUT2D eigenvalue weighted by molar-refractivity contribution is 5.94. The maximum atomic E-state index is 13.2. The van der Waals surface area contributed by atoms with Gasteiger partial charge in [-0.2, -0.15) is 5.26 Å². The Labute approximate surface area is 250 Å². The summed E-state index contributed by atoms with van der Waals surface area (Å²) in [6.45, 7) is 4.77. The van der Waals surface area contributed by atoms with Crippen molar-refractivity contribution in [1.29, 1.82) is 5.26 Å². The van der Waals surface area contributed by atoms with E-state index < -0.39 is 11.5 Å². The fourth-order valence-corrected chi connectivity index (χ4v) is 6.77. The molecule has 0 bridgehead atoms. The first-order valence-corrected chi connectivity index (χ1v) is 14.5. The predicted octanol–water partition coefficient (Wildman–Crippen LogP) is 1.61. The molecule has 3 N–H and O–H groups in total. The van der Waals surface area contributed by atoms with Crippen molar-refractivity contribution in [2.45, 2.75) is 43.2 Å². The normalized spacial score (nSPS) is 21.4. The number of nitrogens with zero attached hydrogens (tertiary/aromatic N) is 6. The Kier molecular flexibility index (Phi) is 7.31. The summed E-state index contributed by atoms with van der Waals surface area (Å²) in [6, 6.07) is 14.0. The molecule has 11 heteroatoms. The molecule has 0 spiro atoms. The van der Waals surface area contributed by atoms with E-state index in [9.17, 15) is 14.9 Å². The van der Waals surface area contributed by atoms with E-state index in [2.05, 4.69) is 62.3 Å². The molecule has 2 amide bonds. The van der Waals surface area contributed by atoms with Gasteiger partial charge in [-0.15, -0.1) is 5.10 Å². The summed E-state index contributed by atoms with van der Waals surface area (Å²) in [4.78, 5) is 27.5. The minimum atomic E-state index is -0.774. The Balaban J connectivity index is 1.40. The standard InChI is InChI=1S/C32H35N9O2/c1-19(34-2)20-7-9-26-21(13-20)5-6-22-14-23(30(43)35-3)8-10-27(22)32(26,31-37-38-39-40(31)4)11-12-36-18-29(42)41-25(17-33)15-24-16-28(24)41/h7-10,13-15,25,28,34,36H,1,5-6,11-12,16,18H2,2-4H3,(H,35,43)/t25-,28-,32?/m0/s1. The topological polar surface area (TPSA) is 141 Å². The molecule has 1 fully saturated rings. The van der Waals surface area contributed by atoms with Crippen LogP contribution in [0.25, 0.3) is 5.70 Å². The summed E-state index contributed by atoms with van der Waals surface area (Å²) < 4.78 is 1.71. The van der Waals surface area contributed by atoms with Gasteiger partial charge in [-0.3, -0.25) is 9.59 Å². The third-order valence-corrected chi connectivity index (χ3v) is 9.01. The van der Waals surface area contributed by atoms with Crippen molar-refractivity contribution in [2.75, 3.05) is 27.2 Å². The van der Waals surface area contributed by atoms with Crippen LogP contribution in [0, 0.1) is 11.3 Å². The lowest BCUT2D eigenvalue weighted by molar-refractivity contribution is -0.130. The van der Waals surface area contributed by atoms with Crippen LogP contribution in [0.4, 0.5) is 0 Å². The van der Waals surface area contributed by atoms with Crippen LogP contribution < -0.4 is 16.0 Å². The lowest BCUT2D eigenvalue weighted by Gasteiger charge is -2.35. The van der Waals surface area contributed by atoms with Gasteiger partial charge in [0.25, 0.3) is 5.91 Å². The molecule has 43 heavy (non-hydrogen) atoms. The van der Waals surface area contributed by atoms with Crippen LogP contribution in [0.3, 0.4) is 0 Å². The number of hydrogen-bond acceptors (Lipinski definition) is 8. The van der Waals surface area contributed by atoms with Crippen LogP contribution in [0.5, 0.6) is 0 Å². The zero-order valence-corrected chi connectivity index (χ0v) is 24.6. The van der Waals surface area contributed by atoms with Crippen LogP contribution in [0.2, 0.25) is 0 Å². The van der Waals surface area contributed by atoms with Gasteiger partial charge >= 0.3 is 0 Å². The van der Waals surface area contributed by atoms with E-state index in [1.807, 2.05) is 38.4 Å². The summed E-state index contributed by atoms with van der Waals surface area (Å²) in [7, 11) is 5.32. The van der Waals surface area contributed by atoms with E-state index in [1.54, 1.807) is 16.6 Å². The highest BCUT2D eigenvalue weighted by Gasteiger charge is 2.48. The average molecular weight is 578 g/mol. The van der Waals surface area contributed by atoms with E-state index in [0.717, 1.165) is 52.8 Å². The minimum Gasteiger partial charge on any atom is -0.388 e. The quantitative estimate of drug-likeness (QED) is 0.257. The fourth-order valence-electron chi connectivity index (χ4n) is 6.77. The second-order valence-corrected chi connectivity index (χ2v) is 11.3. The number of fused-ring (bicyclic) bond motifs is 3. The third kappa shape index (κ3) is 4.77. The number of tetrazole rings is 1. The second-order valence-electron chi connectivity index (χ2n) is 11.3. The number of aromatic nitrogens is 4. The van der Waals surface area contributed by atoms with Gasteiger partial charge in [-0.05, 0) is 100 Å². The fraction of sp³-hybridized carbons (Fsp3) is 0.375. The zero-order chi connectivity index (χ0) is 30.3. The monoisotopic (exact) mass is 577 g/mol. The van der Waals surface area contributed by atoms with Crippen LogP contribution in [0.1, 0.15) is 56.8 Å². The summed E-state index contributed by atoms with van der Waals surface area (Å²) in [5, 5.41) is 31.6. The number of benzene rings is 2. The number of nitrogens with one attached hydrogen (secondary N) is 3. The molecule has 6 rings (SSSR count). The number of aryl methyl sites for hydroxylation is 3. The van der Waals surface area contributed by atoms with Gasteiger partial charge in [0.05, 0.1) is 24.1 Å². The smallest absolute Gasteiger partial charge is 0.251 e. The summed E-state index contributed by atoms with van der Waals surface area (Å²) in [6.07, 6.45) is 4.80. The molecule has 0 saturated heterocycles. The van der Waals surface area contributed by atoms with Gasteiger partial charge < -0.3 is 20.9 Å². The molecule has 1 saturated carbocycles. The Morgan fingerprint density at radius 1 is 1.09 bits per heavy atom. The van der Waals surface area contributed by atoms with Gasteiger partial charge in [-0.25, -0.2) is 4.68 Å². The predicted molar refractivity (Wildman–Crippen MR) is 161 cm³/mol. The highest BCUT2D eigenvalue weighted by atomic mass is 16.2. The van der Waals surface area contributed by atoms with E-state index in [4.69, 9.17) is 0 Å². The van der Waals surface area contributed by atoms with Gasteiger partial charge in [0.1, 0.15) is 6.04 Å². The van der Waals surface area contributed by atoms with E-state index in [-0.39, 0.29) is 24.4 Å². The molecule has 3 aromatic rings. The van der Waals surface area contributed by atoms with Crippen molar-refractivity contribution in [2.24, 2.45) is 7.05 Å². The van der Waals surface area contributed by atoms with Gasteiger partial charge in [0.2, 0.25) is 5.91 Å². The SMILES string of the molecule is C=C(NC)c1ccc2c(c1)CCc1cc(C(=O)NC)ccc1C2(CCNCC(=O)N1[C@H](C#N)C=C2C[C@@H]21)c1nnnn1C. The third-order valence-electron chi connectivity index (χ3n) is 9.01. The number of nitriles is 1. The Bertz CT molecular complexity index is 1630. The Morgan fingerprint density at radius 3 is 2.42 bits per heavy atom. The molecule has 3 atom stereocenters. The first-order chi connectivity index (χ1) is 20.8. The summed E-state index contributed by atoms with van der Waals surface area (Å²) in [5.74, 6) is 0.449. The van der Waals surface area contributed by atoms with Crippen molar-refractivity contribution in [3.63, 3.8) is 0 Å². The Morgan fingerprint density at radius 2 is 1.79 bits per heavy atom. The number of rotatable bonds is 9. The molecule has 2 aromatic carbocycles. The van der Waals surface area contributed by atoms with Crippen LogP contribution >= 0.6 is 0 Å². The Hall–Kier alpha value is -4.82. The lowest BCUT2D eigenvalue weighted by atomic mass is 9.69. The van der Waals surface area contributed by atoms with Crippen LogP contribution in [-0.4, -0.2) is 76.2 Å². The lowest BCUT2D eigenvalue weighted by Crippen LogP contribution is -2.44. The van der Waals surface area contributed by atoms with Crippen LogP contribution in [-0.2, 0) is 30.1 Å². The van der Waals surface area contributed by atoms with Gasteiger partial charge in [0, 0.05) is 32.4 Å². The van der Waals surface area contributed by atoms with Crippen molar-refractivity contribution in [3.8, 4) is 6.07 Å². The summed E-state index contributed by atoms with van der Waals surface area (Å²) >= 11 is 0. The molecule has 1 aromatic heterocycles. The number of hydrogen-bond donors (Lipinski definition) is 3. The molecule has 3 aliphatic rings. The van der Waals surface area contributed by atoms with Gasteiger partial charge in [0.15, 0.2) is 5.82 Å². The first kappa shape index (κ1) is 28.3. The number of carbonyl (C=O) groups is 2. The number of amides is 2. The molecule has 11 nitrogen and oxygen atoms in total. The number of carbonyl (C=O) groups excluding carboxylic acids is 2. The van der Waals surface area contributed by atoms with E-state index in [0.29, 0.717) is 24.4 Å². The van der Waals surface area contributed by atoms with Gasteiger partial charge in [-0.1, -0.05) is 24.8 Å². The van der Waals surface area contributed by atoms with Crippen molar-refractivity contribution in [1.82, 2.24) is 41.1 Å². The molecular formula is C32H35N9O2. The van der Waals surface area contributed by atoms with Crippen molar-refractivity contribution < 1.29 is 9.59 Å². The van der Waals surface area contributed by atoms with Crippen LogP contribution in [0.15, 0.2) is 54.6 Å². The maximum absolute atomic E-state index is 13.2. The van der Waals surface area contributed by atoms with E-state index in [1.165, 1.54) is 5.57 Å². The van der Waals surface area contributed by atoms with E-state index >= 15 is 0 Å². The largest absolute Gasteiger partial charge is 0.388 e. The summed E-state index contributed by atoms with van der Waals surface area (Å²) in [5.41, 5.74) is 7.12. The molecule has 220 valence electrons.